The molecule has 0 bridgehead atoms. The zero-order chi connectivity index (χ0) is 19.8. The van der Waals surface area contributed by atoms with Gasteiger partial charge >= 0.3 is 0 Å². The molecule has 0 aromatic heterocycles. The van der Waals surface area contributed by atoms with Crippen molar-refractivity contribution in [1.82, 2.24) is 10.6 Å². The van der Waals surface area contributed by atoms with Crippen LogP contribution in [0.15, 0.2) is 48.7 Å². The Hall–Kier alpha value is -2.63. The van der Waals surface area contributed by atoms with Crippen LogP contribution >= 0.6 is 0 Å². The molecule has 3 amide bonds. The van der Waals surface area contributed by atoms with Gasteiger partial charge in [0.2, 0.25) is 11.8 Å². The zero-order valence-electron chi connectivity index (χ0n) is 15.7. The monoisotopic (exact) mass is 361 g/mol. The number of carbonyl (C=O) groups excluding carboxylic acids is 3. The SMILES string of the molecule is C=C/C=C(\C=C)CCNC(=O)/C(=C\C(N)=O)NC(=O)CCCCCCC. The van der Waals surface area contributed by atoms with Crippen LogP contribution < -0.4 is 16.4 Å². The van der Waals surface area contributed by atoms with Gasteiger partial charge in [0.05, 0.1) is 0 Å². The van der Waals surface area contributed by atoms with Crippen molar-refractivity contribution in [1.29, 1.82) is 0 Å². The maximum atomic E-state index is 12.2. The highest BCUT2D eigenvalue weighted by molar-refractivity contribution is 6.02. The number of primary amides is 1. The average Bonchev–Trinajstić information content (AvgIpc) is 2.59. The largest absolute Gasteiger partial charge is 0.366 e. The molecule has 0 heterocycles. The van der Waals surface area contributed by atoms with Crippen molar-refractivity contribution in [3.05, 3.63) is 48.7 Å². The van der Waals surface area contributed by atoms with E-state index in [2.05, 4.69) is 30.7 Å². The van der Waals surface area contributed by atoms with Crippen LogP contribution in [-0.2, 0) is 14.4 Å². The van der Waals surface area contributed by atoms with Crippen molar-refractivity contribution in [2.75, 3.05) is 6.54 Å². The molecule has 0 unspecified atom stereocenters. The fourth-order valence-electron chi connectivity index (χ4n) is 2.22. The first kappa shape index (κ1) is 23.4. The summed E-state index contributed by atoms with van der Waals surface area (Å²) in [5, 5.41) is 5.12. The maximum Gasteiger partial charge on any atom is 0.268 e. The van der Waals surface area contributed by atoms with Gasteiger partial charge in [0, 0.05) is 19.0 Å². The molecule has 0 aliphatic carbocycles. The second kappa shape index (κ2) is 14.7. The Bertz CT molecular complexity index is 563. The lowest BCUT2D eigenvalue weighted by molar-refractivity contribution is -0.124. The number of rotatable bonds is 14. The molecule has 0 saturated heterocycles. The summed E-state index contributed by atoms with van der Waals surface area (Å²) in [7, 11) is 0. The first-order valence-electron chi connectivity index (χ1n) is 8.97. The topological polar surface area (TPSA) is 101 Å². The van der Waals surface area contributed by atoms with Crippen LogP contribution in [0.5, 0.6) is 0 Å². The third-order valence-electron chi connectivity index (χ3n) is 3.61. The van der Waals surface area contributed by atoms with Crippen LogP contribution in [0.3, 0.4) is 0 Å². The van der Waals surface area contributed by atoms with Crippen LogP contribution in [-0.4, -0.2) is 24.3 Å². The standard InChI is InChI=1S/C20H31N3O3/c1-4-7-8-9-10-12-19(25)23-17(15-18(21)24)20(26)22-14-13-16(6-3)11-5-2/h5-6,11,15H,2-4,7-10,12-14H2,1H3,(H2,21,24)(H,22,26)(H,23,25)/b16-11+,17-15+. The molecule has 0 rings (SSSR count). The van der Waals surface area contributed by atoms with Crippen molar-refractivity contribution in [2.24, 2.45) is 5.73 Å². The number of hydrogen-bond acceptors (Lipinski definition) is 3. The van der Waals surface area contributed by atoms with Gasteiger partial charge < -0.3 is 16.4 Å². The Morgan fingerprint density at radius 3 is 2.31 bits per heavy atom. The molecule has 0 atom stereocenters. The summed E-state index contributed by atoms with van der Waals surface area (Å²) in [6.45, 7) is 9.74. The van der Waals surface area contributed by atoms with Crippen molar-refractivity contribution in [3.63, 3.8) is 0 Å². The van der Waals surface area contributed by atoms with Gasteiger partial charge in [-0.1, -0.05) is 64.0 Å². The Morgan fingerprint density at radius 2 is 1.73 bits per heavy atom. The number of nitrogens with two attached hydrogens (primary N) is 1. The Morgan fingerprint density at radius 1 is 1.04 bits per heavy atom. The lowest BCUT2D eigenvalue weighted by atomic mass is 10.1. The van der Waals surface area contributed by atoms with E-state index in [-0.39, 0.29) is 11.6 Å². The minimum atomic E-state index is -0.795. The van der Waals surface area contributed by atoms with Gasteiger partial charge in [-0.05, 0) is 18.4 Å². The van der Waals surface area contributed by atoms with Gasteiger partial charge in [-0.3, -0.25) is 14.4 Å². The molecule has 0 fully saturated rings. The van der Waals surface area contributed by atoms with E-state index >= 15 is 0 Å². The summed E-state index contributed by atoms with van der Waals surface area (Å²) in [4.78, 5) is 35.3. The van der Waals surface area contributed by atoms with Crippen molar-refractivity contribution in [3.8, 4) is 0 Å². The highest BCUT2D eigenvalue weighted by atomic mass is 16.2. The van der Waals surface area contributed by atoms with Gasteiger partial charge in [0.15, 0.2) is 0 Å². The van der Waals surface area contributed by atoms with Gasteiger partial charge in [-0.25, -0.2) is 0 Å². The summed E-state index contributed by atoms with van der Waals surface area (Å²) in [5.74, 6) is -1.65. The van der Waals surface area contributed by atoms with E-state index < -0.39 is 11.8 Å². The van der Waals surface area contributed by atoms with Crippen LogP contribution in [0.4, 0.5) is 0 Å². The number of carbonyl (C=O) groups is 3. The van der Waals surface area contributed by atoms with Crippen LogP contribution in [0.1, 0.15) is 51.9 Å². The third kappa shape index (κ3) is 11.8. The number of amides is 3. The van der Waals surface area contributed by atoms with E-state index in [1.54, 1.807) is 18.2 Å². The summed E-state index contributed by atoms with van der Waals surface area (Å²) in [6, 6.07) is 0. The second-order valence-electron chi connectivity index (χ2n) is 5.86. The first-order chi connectivity index (χ1) is 12.4. The van der Waals surface area contributed by atoms with Crippen LogP contribution in [0, 0.1) is 0 Å². The van der Waals surface area contributed by atoms with E-state index in [1.165, 1.54) is 0 Å². The van der Waals surface area contributed by atoms with Gasteiger partial charge in [0.25, 0.3) is 5.91 Å². The van der Waals surface area contributed by atoms with E-state index in [0.29, 0.717) is 19.4 Å². The molecule has 0 radical (unpaired) electrons. The Labute approximate surface area is 156 Å². The summed E-state index contributed by atoms with van der Waals surface area (Å²) in [5.41, 5.74) is 5.90. The van der Waals surface area contributed by atoms with Gasteiger partial charge in [0.1, 0.15) is 5.70 Å². The number of unbranched alkanes of at least 4 members (excludes halogenated alkanes) is 4. The number of allylic oxidation sites excluding steroid dienone is 3. The summed E-state index contributed by atoms with van der Waals surface area (Å²) < 4.78 is 0. The fourth-order valence-corrected chi connectivity index (χ4v) is 2.22. The maximum absolute atomic E-state index is 12.2. The molecule has 144 valence electrons. The second-order valence-corrected chi connectivity index (χ2v) is 5.86. The predicted octanol–water partition coefficient (Wildman–Crippen LogP) is 2.64. The first-order valence-corrected chi connectivity index (χ1v) is 8.97. The van der Waals surface area contributed by atoms with E-state index in [1.807, 2.05) is 0 Å². The number of hydrogen-bond donors (Lipinski definition) is 3. The molecule has 0 saturated carbocycles. The fraction of sp³-hybridized carbons (Fsp3) is 0.450. The molecule has 0 aromatic carbocycles. The molecule has 6 nitrogen and oxygen atoms in total. The van der Waals surface area contributed by atoms with Gasteiger partial charge in [-0.2, -0.15) is 0 Å². The smallest absolute Gasteiger partial charge is 0.268 e. The molecular formula is C20H31N3O3. The normalized spacial score (nSPS) is 11.6. The lowest BCUT2D eigenvalue weighted by Crippen LogP contribution is -2.36. The minimum absolute atomic E-state index is 0.135. The van der Waals surface area contributed by atoms with Crippen LogP contribution in [0.2, 0.25) is 0 Å². The van der Waals surface area contributed by atoms with E-state index in [4.69, 9.17) is 5.73 Å². The Balaban J connectivity index is 4.55. The van der Waals surface area contributed by atoms with E-state index in [9.17, 15) is 14.4 Å². The highest BCUT2D eigenvalue weighted by Gasteiger charge is 2.13. The zero-order valence-corrected chi connectivity index (χ0v) is 15.7. The van der Waals surface area contributed by atoms with Gasteiger partial charge in [-0.15, -0.1) is 0 Å². The van der Waals surface area contributed by atoms with Crippen molar-refractivity contribution in [2.45, 2.75) is 51.9 Å². The molecule has 0 spiro atoms. The molecule has 26 heavy (non-hydrogen) atoms. The minimum Gasteiger partial charge on any atom is -0.366 e. The molecule has 0 aliphatic rings. The average molecular weight is 361 g/mol. The van der Waals surface area contributed by atoms with Crippen molar-refractivity contribution < 1.29 is 14.4 Å². The molecule has 6 heteroatoms. The van der Waals surface area contributed by atoms with E-state index in [0.717, 1.165) is 43.8 Å². The molecule has 0 aromatic rings. The lowest BCUT2D eigenvalue weighted by Gasteiger charge is -2.11. The summed E-state index contributed by atoms with van der Waals surface area (Å²) >= 11 is 0. The molecular weight excluding hydrogens is 330 g/mol. The van der Waals surface area contributed by atoms with Crippen molar-refractivity contribution >= 4 is 17.7 Å². The predicted molar refractivity (Wildman–Crippen MR) is 105 cm³/mol. The highest BCUT2D eigenvalue weighted by Crippen LogP contribution is 2.05. The summed E-state index contributed by atoms with van der Waals surface area (Å²) in [6.07, 6.45) is 11.9. The Kier molecular flexibility index (Phi) is 13.2. The third-order valence-corrected chi connectivity index (χ3v) is 3.61. The molecule has 4 N–H and O–H groups in total. The van der Waals surface area contributed by atoms with Crippen LogP contribution in [0.25, 0.3) is 0 Å². The quantitative estimate of drug-likeness (QED) is 0.252. The molecule has 0 aliphatic heterocycles. The number of nitrogens with one attached hydrogen (secondary N) is 2.